The fourth-order valence-electron chi connectivity index (χ4n) is 9.03. The van der Waals surface area contributed by atoms with Crippen LogP contribution in [0.3, 0.4) is 0 Å². The van der Waals surface area contributed by atoms with E-state index in [1.165, 1.54) is 81.5 Å². The number of para-hydroxylation sites is 1. The molecule has 0 atom stereocenters. The average Bonchev–Trinajstić information content (AvgIpc) is 3.71. The molecule has 0 radical (unpaired) electrons. The molecule has 0 bridgehead atoms. The van der Waals surface area contributed by atoms with Gasteiger partial charge < -0.3 is 4.90 Å². The lowest BCUT2D eigenvalue weighted by molar-refractivity contribution is 0.653. The quantitative estimate of drug-likeness (QED) is 0.182. The van der Waals surface area contributed by atoms with Crippen LogP contribution in [0.1, 0.15) is 49.9 Å². The van der Waals surface area contributed by atoms with Crippen LogP contribution in [0.15, 0.2) is 152 Å². The van der Waals surface area contributed by atoms with E-state index in [9.17, 15) is 0 Å². The van der Waals surface area contributed by atoms with Crippen LogP contribution in [0.25, 0.3) is 53.6 Å². The number of rotatable bonds is 4. The summed E-state index contributed by atoms with van der Waals surface area (Å²) < 4.78 is 2.64. The van der Waals surface area contributed by atoms with E-state index in [4.69, 9.17) is 0 Å². The highest BCUT2D eigenvalue weighted by Gasteiger charge is 2.43. The first-order chi connectivity index (χ1) is 24.3. The highest BCUT2D eigenvalue weighted by Crippen LogP contribution is 2.59. The lowest BCUT2D eigenvalue weighted by Gasteiger charge is -2.32. The van der Waals surface area contributed by atoms with E-state index in [2.05, 4.69) is 184 Å². The second-order valence-electron chi connectivity index (χ2n) is 14.9. The molecular formula is C48H37NS. The summed E-state index contributed by atoms with van der Waals surface area (Å²) in [6.07, 6.45) is 0. The zero-order chi connectivity index (χ0) is 33.8. The molecule has 8 aromatic rings. The first kappa shape index (κ1) is 29.5. The van der Waals surface area contributed by atoms with Gasteiger partial charge in [-0.05, 0) is 105 Å². The van der Waals surface area contributed by atoms with Gasteiger partial charge in [0.05, 0.1) is 5.69 Å². The number of thiophene rings is 1. The largest absolute Gasteiger partial charge is 0.310 e. The normalized spacial score (nSPS) is 14.7. The minimum Gasteiger partial charge on any atom is -0.310 e. The summed E-state index contributed by atoms with van der Waals surface area (Å²) in [5.74, 6) is 0. The Balaban J connectivity index is 1.25. The van der Waals surface area contributed by atoms with Gasteiger partial charge in [0.25, 0.3) is 0 Å². The van der Waals surface area contributed by atoms with Crippen molar-refractivity contribution in [3.63, 3.8) is 0 Å². The number of fused-ring (bicyclic) bond motifs is 9. The maximum Gasteiger partial charge on any atom is 0.0543 e. The Hall–Kier alpha value is -5.44. The van der Waals surface area contributed by atoms with E-state index in [1.54, 1.807) is 0 Å². The molecule has 50 heavy (non-hydrogen) atoms. The van der Waals surface area contributed by atoms with Crippen molar-refractivity contribution in [1.29, 1.82) is 0 Å². The monoisotopic (exact) mass is 659 g/mol. The molecule has 2 aliphatic carbocycles. The van der Waals surface area contributed by atoms with E-state index in [0.717, 1.165) is 11.4 Å². The molecule has 2 heteroatoms. The molecule has 0 fully saturated rings. The molecule has 0 N–H and O–H groups in total. The van der Waals surface area contributed by atoms with Crippen LogP contribution in [0.2, 0.25) is 0 Å². The van der Waals surface area contributed by atoms with Gasteiger partial charge in [0, 0.05) is 47.9 Å². The van der Waals surface area contributed by atoms with Gasteiger partial charge in [0.1, 0.15) is 0 Å². The number of hydrogen-bond acceptors (Lipinski definition) is 2. The third-order valence-corrected chi connectivity index (χ3v) is 12.6. The van der Waals surface area contributed by atoms with Crippen molar-refractivity contribution in [3.05, 3.63) is 174 Å². The van der Waals surface area contributed by atoms with Gasteiger partial charge in [-0.3, -0.25) is 0 Å². The third-order valence-electron chi connectivity index (χ3n) is 11.4. The van der Waals surface area contributed by atoms with Crippen LogP contribution >= 0.6 is 11.3 Å². The van der Waals surface area contributed by atoms with Gasteiger partial charge in [-0.2, -0.15) is 0 Å². The lowest BCUT2D eigenvalue weighted by Crippen LogP contribution is -2.19. The highest BCUT2D eigenvalue weighted by molar-refractivity contribution is 7.25. The average molecular weight is 660 g/mol. The second-order valence-corrected chi connectivity index (χ2v) is 16.0. The van der Waals surface area contributed by atoms with Gasteiger partial charge in [0.2, 0.25) is 0 Å². The summed E-state index contributed by atoms with van der Waals surface area (Å²) in [6, 6.07) is 56.6. The van der Waals surface area contributed by atoms with E-state index < -0.39 is 0 Å². The Morgan fingerprint density at radius 2 is 1.08 bits per heavy atom. The molecule has 0 aliphatic heterocycles. The smallest absolute Gasteiger partial charge is 0.0543 e. The molecule has 1 aromatic heterocycles. The maximum absolute atomic E-state index is 2.53. The zero-order valence-corrected chi connectivity index (χ0v) is 29.6. The van der Waals surface area contributed by atoms with E-state index >= 15 is 0 Å². The van der Waals surface area contributed by atoms with Gasteiger partial charge in [-0.1, -0.05) is 125 Å². The predicted octanol–water partition coefficient (Wildman–Crippen LogP) is 13.8. The Morgan fingerprint density at radius 3 is 1.88 bits per heavy atom. The molecule has 0 saturated carbocycles. The molecule has 0 unspecified atom stereocenters. The molecule has 240 valence electrons. The van der Waals surface area contributed by atoms with Crippen molar-refractivity contribution in [2.45, 2.75) is 38.5 Å². The minimum absolute atomic E-state index is 0.0510. The van der Waals surface area contributed by atoms with Crippen LogP contribution in [0.4, 0.5) is 17.1 Å². The van der Waals surface area contributed by atoms with Gasteiger partial charge in [-0.15, -0.1) is 11.3 Å². The SMILES string of the molecule is CC1(C)c2ccccc2-c2cc3c(cc21)-c1ccc(N(c2ccccc2)c2ccc4sc5ccccc5c4c2)c(-c2ccccc2)c1C3(C)C. The Kier molecular flexibility index (Phi) is 6.21. The van der Waals surface area contributed by atoms with Crippen LogP contribution in [-0.4, -0.2) is 0 Å². The van der Waals surface area contributed by atoms with Crippen molar-refractivity contribution in [1.82, 2.24) is 0 Å². The molecule has 2 aliphatic rings. The van der Waals surface area contributed by atoms with Crippen molar-refractivity contribution in [2.24, 2.45) is 0 Å². The summed E-state index contributed by atoms with van der Waals surface area (Å²) >= 11 is 1.87. The summed E-state index contributed by atoms with van der Waals surface area (Å²) in [5.41, 5.74) is 16.9. The van der Waals surface area contributed by atoms with Crippen LogP contribution in [0, 0.1) is 0 Å². The fourth-order valence-corrected chi connectivity index (χ4v) is 10.1. The first-order valence-electron chi connectivity index (χ1n) is 17.6. The Labute approximate surface area is 298 Å². The summed E-state index contributed by atoms with van der Waals surface area (Å²) in [6.45, 7) is 9.63. The lowest BCUT2D eigenvalue weighted by atomic mass is 9.77. The number of hydrogen-bond donors (Lipinski definition) is 0. The number of anilines is 3. The molecule has 1 heterocycles. The van der Waals surface area contributed by atoms with Gasteiger partial charge in [-0.25, -0.2) is 0 Å². The standard InChI is InChI=1S/C48H37NS/c1-47(2)39-21-13-11-19-33(39)36-28-41-37(29-40(36)47)35-24-25-42(45(46(35)48(41,3)4)30-15-7-5-8-16-30)49(31-17-9-6-10-18-31)32-23-26-44-38(27-32)34-20-12-14-22-43(34)50-44/h5-29H,1-4H3. The topological polar surface area (TPSA) is 3.24 Å². The molecular weight excluding hydrogens is 623 g/mol. The van der Waals surface area contributed by atoms with E-state index in [0.29, 0.717) is 0 Å². The molecule has 0 spiro atoms. The van der Waals surface area contributed by atoms with Crippen molar-refractivity contribution >= 4 is 48.6 Å². The van der Waals surface area contributed by atoms with E-state index in [1.807, 2.05) is 11.3 Å². The summed E-state index contributed by atoms with van der Waals surface area (Å²) in [7, 11) is 0. The number of benzene rings is 7. The second kappa shape index (κ2) is 10.5. The molecule has 0 amide bonds. The molecule has 10 rings (SSSR count). The van der Waals surface area contributed by atoms with Gasteiger partial charge >= 0.3 is 0 Å². The zero-order valence-electron chi connectivity index (χ0n) is 28.8. The Bertz CT molecular complexity index is 2640. The number of nitrogens with zero attached hydrogens (tertiary/aromatic N) is 1. The Morgan fingerprint density at radius 1 is 0.440 bits per heavy atom. The summed E-state index contributed by atoms with van der Waals surface area (Å²) in [4.78, 5) is 2.48. The van der Waals surface area contributed by atoms with E-state index in [-0.39, 0.29) is 10.8 Å². The first-order valence-corrected chi connectivity index (χ1v) is 18.4. The predicted molar refractivity (Wildman–Crippen MR) is 215 cm³/mol. The van der Waals surface area contributed by atoms with Crippen molar-refractivity contribution in [2.75, 3.05) is 4.90 Å². The van der Waals surface area contributed by atoms with Gasteiger partial charge in [0.15, 0.2) is 0 Å². The maximum atomic E-state index is 2.53. The minimum atomic E-state index is -0.224. The fraction of sp³-hybridized carbons (Fsp3) is 0.125. The van der Waals surface area contributed by atoms with Crippen molar-refractivity contribution < 1.29 is 0 Å². The van der Waals surface area contributed by atoms with Crippen LogP contribution in [0.5, 0.6) is 0 Å². The van der Waals surface area contributed by atoms with Crippen LogP contribution < -0.4 is 4.90 Å². The summed E-state index contributed by atoms with van der Waals surface area (Å²) in [5, 5.41) is 2.62. The molecule has 1 nitrogen and oxygen atoms in total. The molecule has 0 saturated heterocycles. The molecule has 7 aromatic carbocycles. The third kappa shape index (κ3) is 4.06. The van der Waals surface area contributed by atoms with Crippen molar-refractivity contribution in [3.8, 4) is 33.4 Å². The highest BCUT2D eigenvalue weighted by atomic mass is 32.1. The van der Waals surface area contributed by atoms with Crippen LogP contribution in [-0.2, 0) is 10.8 Å².